The number of benzene rings is 1. The molecular weight excluding hydrogens is 242 g/mol. The number of hydrogen-bond acceptors (Lipinski definition) is 4. The average molecular weight is 259 g/mol. The van der Waals surface area contributed by atoms with Gasteiger partial charge in [-0.2, -0.15) is 0 Å². The van der Waals surface area contributed by atoms with E-state index in [1.165, 1.54) is 6.39 Å². The third-order valence-electron chi connectivity index (χ3n) is 2.80. The Hall–Kier alpha value is -2.14. The van der Waals surface area contributed by atoms with Crippen LogP contribution in [-0.2, 0) is 4.79 Å². The molecule has 5 heteroatoms. The van der Waals surface area contributed by atoms with Crippen LogP contribution >= 0.6 is 0 Å². The number of nitrogens with zero attached hydrogens (tertiary/aromatic N) is 1. The Morgan fingerprint density at radius 2 is 2.32 bits per heavy atom. The van der Waals surface area contributed by atoms with Crippen LogP contribution in [0.4, 0.5) is 5.69 Å². The summed E-state index contributed by atoms with van der Waals surface area (Å²) in [5, 5.41) is 5.87. The monoisotopic (exact) mass is 259 g/mol. The molecule has 19 heavy (non-hydrogen) atoms. The van der Waals surface area contributed by atoms with Gasteiger partial charge >= 0.3 is 0 Å². The van der Waals surface area contributed by atoms with Crippen molar-refractivity contribution < 1.29 is 9.21 Å². The minimum Gasteiger partial charge on any atom is -0.444 e. The van der Waals surface area contributed by atoms with Gasteiger partial charge in [0.15, 0.2) is 12.2 Å². The summed E-state index contributed by atoms with van der Waals surface area (Å²) >= 11 is 0. The van der Waals surface area contributed by atoms with Crippen molar-refractivity contribution in [3.63, 3.8) is 0 Å². The van der Waals surface area contributed by atoms with E-state index in [9.17, 15) is 4.79 Å². The first-order valence-electron chi connectivity index (χ1n) is 6.15. The molecule has 0 aliphatic rings. The predicted molar refractivity (Wildman–Crippen MR) is 73.7 cm³/mol. The van der Waals surface area contributed by atoms with Crippen molar-refractivity contribution in [2.45, 2.75) is 6.92 Å². The molecule has 1 aromatic carbocycles. The summed E-state index contributed by atoms with van der Waals surface area (Å²) in [6, 6.07) is 7.50. The van der Waals surface area contributed by atoms with Crippen molar-refractivity contribution >= 4 is 11.6 Å². The van der Waals surface area contributed by atoms with Gasteiger partial charge in [-0.25, -0.2) is 4.98 Å². The normalized spacial score (nSPS) is 12.1. The topological polar surface area (TPSA) is 67.2 Å². The maximum absolute atomic E-state index is 11.9. The molecule has 0 aliphatic heterocycles. The second kappa shape index (κ2) is 6.15. The molecule has 2 rings (SSSR count). The van der Waals surface area contributed by atoms with Crippen molar-refractivity contribution in [1.29, 1.82) is 0 Å². The van der Waals surface area contributed by atoms with Crippen molar-refractivity contribution in [3.05, 3.63) is 36.9 Å². The van der Waals surface area contributed by atoms with Crippen LogP contribution in [0.15, 0.2) is 41.3 Å². The van der Waals surface area contributed by atoms with Crippen LogP contribution < -0.4 is 10.6 Å². The molecule has 2 aromatic rings. The number of nitrogens with one attached hydrogen (secondary N) is 2. The Morgan fingerprint density at radius 1 is 1.47 bits per heavy atom. The van der Waals surface area contributed by atoms with Gasteiger partial charge in [0.25, 0.3) is 0 Å². The van der Waals surface area contributed by atoms with Crippen LogP contribution in [-0.4, -0.2) is 24.5 Å². The van der Waals surface area contributed by atoms with Crippen LogP contribution in [0, 0.1) is 5.92 Å². The SMILES string of the molecule is CNCC(C)C(=O)Nc1cccc(-c2cnco2)c1. The summed E-state index contributed by atoms with van der Waals surface area (Å²) in [5.41, 5.74) is 1.64. The van der Waals surface area contributed by atoms with E-state index in [0.29, 0.717) is 12.3 Å². The highest BCUT2D eigenvalue weighted by molar-refractivity contribution is 5.93. The second-order valence-corrected chi connectivity index (χ2v) is 4.39. The minimum absolute atomic E-state index is 0.0101. The van der Waals surface area contributed by atoms with Crippen molar-refractivity contribution in [2.75, 3.05) is 18.9 Å². The zero-order chi connectivity index (χ0) is 13.7. The highest BCUT2D eigenvalue weighted by Gasteiger charge is 2.12. The zero-order valence-electron chi connectivity index (χ0n) is 11.0. The molecule has 1 atom stereocenters. The van der Waals surface area contributed by atoms with E-state index in [-0.39, 0.29) is 11.8 Å². The van der Waals surface area contributed by atoms with E-state index >= 15 is 0 Å². The highest BCUT2D eigenvalue weighted by Crippen LogP contribution is 2.22. The fraction of sp³-hybridized carbons (Fsp3) is 0.286. The Labute approximate surface area is 112 Å². The van der Waals surface area contributed by atoms with E-state index in [1.54, 1.807) is 6.20 Å². The smallest absolute Gasteiger partial charge is 0.228 e. The lowest BCUT2D eigenvalue weighted by Crippen LogP contribution is -2.28. The first kappa shape index (κ1) is 13.3. The summed E-state index contributed by atoms with van der Waals surface area (Å²) in [6.45, 7) is 2.53. The van der Waals surface area contributed by atoms with E-state index in [1.807, 2.05) is 38.2 Å². The molecule has 2 N–H and O–H groups in total. The van der Waals surface area contributed by atoms with Gasteiger partial charge in [-0.1, -0.05) is 19.1 Å². The molecule has 0 saturated carbocycles. The maximum Gasteiger partial charge on any atom is 0.228 e. The van der Waals surface area contributed by atoms with Crippen LogP contribution in [0.2, 0.25) is 0 Å². The molecule has 0 radical (unpaired) electrons. The van der Waals surface area contributed by atoms with Crippen molar-refractivity contribution in [1.82, 2.24) is 10.3 Å². The number of carbonyl (C=O) groups is 1. The molecular formula is C14H17N3O2. The number of hydrogen-bond donors (Lipinski definition) is 2. The Kier molecular flexibility index (Phi) is 4.30. The largest absolute Gasteiger partial charge is 0.444 e. The first-order valence-corrected chi connectivity index (χ1v) is 6.15. The highest BCUT2D eigenvalue weighted by atomic mass is 16.3. The van der Waals surface area contributed by atoms with E-state index in [2.05, 4.69) is 15.6 Å². The standard InChI is InChI=1S/C14H17N3O2/c1-10(7-15-2)14(18)17-12-5-3-4-11(6-12)13-8-16-9-19-13/h3-6,8-10,15H,7H2,1-2H3,(H,17,18). The lowest BCUT2D eigenvalue weighted by molar-refractivity contribution is -0.119. The number of rotatable bonds is 5. The van der Waals surface area contributed by atoms with Gasteiger partial charge in [0.1, 0.15) is 0 Å². The third-order valence-corrected chi connectivity index (χ3v) is 2.80. The van der Waals surface area contributed by atoms with Crippen LogP contribution in [0.3, 0.4) is 0 Å². The van der Waals surface area contributed by atoms with E-state index < -0.39 is 0 Å². The summed E-state index contributed by atoms with van der Waals surface area (Å²) in [6.07, 6.45) is 3.03. The quantitative estimate of drug-likeness (QED) is 0.863. The third kappa shape index (κ3) is 3.42. The zero-order valence-corrected chi connectivity index (χ0v) is 11.0. The molecule has 100 valence electrons. The summed E-state index contributed by atoms with van der Waals surface area (Å²) in [7, 11) is 1.83. The minimum atomic E-state index is -0.0843. The summed E-state index contributed by atoms with van der Waals surface area (Å²) in [5.74, 6) is 0.586. The number of amides is 1. The van der Waals surface area contributed by atoms with Gasteiger partial charge in [-0.15, -0.1) is 0 Å². The number of aromatic nitrogens is 1. The first-order chi connectivity index (χ1) is 9.20. The average Bonchev–Trinajstić information content (AvgIpc) is 2.93. The van der Waals surface area contributed by atoms with Crippen LogP contribution in [0.25, 0.3) is 11.3 Å². The lowest BCUT2D eigenvalue weighted by atomic mass is 10.1. The van der Waals surface area contributed by atoms with Crippen LogP contribution in [0.1, 0.15) is 6.92 Å². The fourth-order valence-electron chi connectivity index (χ4n) is 1.77. The van der Waals surface area contributed by atoms with E-state index in [0.717, 1.165) is 11.3 Å². The maximum atomic E-state index is 11.9. The molecule has 0 spiro atoms. The molecule has 1 unspecified atom stereocenters. The van der Waals surface area contributed by atoms with Crippen molar-refractivity contribution in [3.8, 4) is 11.3 Å². The molecule has 0 bridgehead atoms. The molecule has 0 saturated heterocycles. The Morgan fingerprint density at radius 3 is 3.00 bits per heavy atom. The fourth-order valence-corrected chi connectivity index (χ4v) is 1.77. The lowest BCUT2D eigenvalue weighted by Gasteiger charge is -2.12. The summed E-state index contributed by atoms with van der Waals surface area (Å²) in [4.78, 5) is 15.8. The molecule has 0 aliphatic carbocycles. The molecule has 1 aromatic heterocycles. The second-order valence-electron chi connectivity index (χ2n) is 4.39. The molecule has 1 amide bonds. The Bertz CT molecular complexity index is 537. The summed E-state index contributed by atoms with van der Waals surface area (Å²) < 4.78 is 5.23. The number of anilines is 1. The van der Waals surface area contributed by atoms with Gasteiger partial charge in [0.05, 0.1) is 6.20 Å². The van der Waals surface area contributed by atoms with Gasteiger partial charge in [-0.3, -0.25) is 4.79 Å². The van der Waals surface area contributed by atoms with Gasteiger partial charge in [0, 0.05) is 23.7 Å². The van der Waals surface area contributed by atoms with Crippen LogP contribution in [0.5, 0.6) is 0 Å². The number of oxazole rings is 1. The number of carbonyl (C=O) groups excluding carboxylic acids is 1. The molecule has 5 nitrogen and oxygen atoms in total. The van der Waals surface area contributed by atoms with Gasteiger partial charge in [-0.05, 0) is 19.2 Å². The van der Waals surface area contributed by atoms with Gasteiger partial charge < -0.3 is 15.1 Å². The molecule has 0 fully saturated rings. The predicted octanol–water partition coefficient (Wildman–Crippen LogP) is 2.14. The van der Waals surface area contributed by atoms with Crippen molar-refractivity contribution in [2.24, 2.45) is 5.92 Å². The Balaban J connectivity index is 2.09. The van der Waals surface area contributed by atoms with E-state index in [4.69, 9.17) is 4.42 Å². The van der Waals surface area contributed by atoms with Gasteiger partial charge in [0.2, 0.25) is 5.91 Å². The molecule has 1 heterocycles.